The lowest BCUT2D eigenvalue weighted by Gasteiger charge is -2.20. The molecule has 0 aliphatic heterocycles. The first kappa shape index (κ1) is 19.2. The normalized spacial score (nSPS) is 11.9. The lowest BCUT2D eigenvalue weighted by molar-refractivity contribution is -0.0779. The molecular weight excluding hydrogens is 334 g/mol. The summed E-state index contributed by atoms with van der Waals surface area (Å²) in [6, 6.07) is 28.9. The highest BCUT2D eigenvalue weighted by Gasteiger charge is 2.12. The molecule has 0 saturated carbocycles. The molecule has 0 fully saturated rings. The fourth-order valence-electron chi connectivity index (χ4n) is 2.94. The van der Waals surface area contributed by atoms with Gasteiger partial charge in [0.05, 0.1) is 6.61 Å². The van der Waals surface area contributed by atoms with Gasteiger partial charge in [0.2, 0.25) is 6.29 Å². The van der Waals surface area contributed by atoms with Crippen molar-refractivity contribution in [2.24, 2.45) is 0 Å². The van der Waals surface area contributed by atoms with E-state index >= 15 is 0 Å². The molecule has 3 nitrogen and oxygen atoms in total. The summed E-state index contributed by atoms with van der Waals surface area (Å²) in [4.78, 5) is 0. The lowest BCUT2D eigenvalue weighted by Crippen LogP contribution is -2.24. The fourth-order valence-corrected chi connectivity index (χ4v) is 2.94. The number of ether oxygens (including phenoxy) is 2. The minimum atomic E-state index is -0.314. The first-order chi connectivity index (χ1) is 13.3. The van der Waals surface area contributed by atoms with Crippen LogP contribution in [0.2, 0.25) is 0 Å². The van der Waals surface area contributed by atoms with E-state index in [1.807, 2.05) is 43.4 Å². The molecule has 3 rings (SSSR count). The van der Waals surface area contributed by atoms with Gasteiger partial charge in [-0.3, -0.25) is 0 Å². The topological polar surface area (TPSA) is 30.5 Å². The highest BCUT2D eigenvalue weighted by Crippen LogP contribution is 2.17. The van der Waals surface area contributed by atoms with E-state index in [0.717, 1.165) is 18.7 Å². The van der Waals surface area contributed by atoms with E-state index < -0.39 is 0 Å². The van der Waals surface area contributed by atoms with E-state index in [0.29, 0.717) is 13.0 Å². The first-order valence-corrected chi connectivity index (χ1v) is 9.43. The fraction of sp³-hybridized carbons (Fsp3) is 0.250. The number of benzene rings is 3. The Bertz CT molecular complexity index is 772. The number of nitrogens with one attached hydrogen (secondary N) is 1. The van der Waals surface area contributed by atoms with Crippen LogP contribution < -0.4 is 10.1 Å². The maximum atomic E-state index is 6.15. The molecular formula is C24H27NO2. The Labute approximate surface area is 162 Å². The largest absolute Gasteiger partial charge is 0.465 e. The third-order valence-electron chi connectivity index (χ3n) is 4.35. The molecule has 3 aromatic carbocycles. The maximum absolute atomic E-state index is 6.15. The van der Waals surface area contributed by atoms with Crippen molar-refractivity contribution in [3.05, 3.63) is 102 Å². The summed E-state index contributed by atoms with van der Waals surface area (Å²) in [7, 11) is 1.95. The molecule has 0 heterocycles. The molecule has 1 unspecified atom stereocenters. The number of hydrogen-bond donors (Lipinski definition) is 1. The second-order valence-corrected chi connectivity index (χ2v) is 6.52. The number of hydrogen-bond acceptors (Lipinski definition) is 3. The van der Waals surface area contributed by atoms with Gasteiger partial charge in [-0.15, -0.1) is 0 Å². The molecule has 0 aliphatic rings. The Kier molecular flexibility index (Phi) is 7.45. The van der Waals surface area contributed by atoms with Crippen LogP contribution in [0.3, 0.4) is 0 Å². The van der Waals surface area contributed by atoms with Crippen LogP contribution in [0.4, 0.5) is 0 Å². The van der Waals surface area contributed by atoms with E-state index in [2.05, 4.69) is 53.8 Å². The van der Waals surface area contributed by atoms with Crippen LogP contribution in [0.25, 0.3) is 0 Å². The van der Waals surface area contributed by atoms with Crippen LogP contribution in [0.5, 0.6) is 5.75 Å². The molecule has 0 bridgehead atoms. The second kappa shape index (κ2) is 10.5. The zero-order valence-electron chi connectivity index (χ0n) is 15.8. The molecule has 3 aromatic rings. The quantitative estimate of drug-likeness (QED) is 0.535. The molecule has 0 saturated heterocycles. The van der Waals surface area contributed by atoms with E-state index in [9.17, 15) is 0 Å². The van der Waals surface area contributed by atoms with Crippen molar-refractivity contribution in [2.75, 3.05) is 13.7 Å². The highest BCUT2D eigenvalue weighted by atomic mass is 16.7. The molecule has 140 valence electrons. The summed E-state index contributed by atoms with van der Waals surface area (Å²) in [5.74, 6) is 0.829. The van der Waals surface area contributed by atoms with Crippen molar-refractivity contribution in [1.29, 1.82) is 0 Å². The molecule has 0 aliphatic carbocycles. The summed E-state index contributed by atoms with van der Waals surface area (Å²) in [5.41, 5.74) is 3.70. The molecule has 1 atom stereocenters. The minimum Gasteiger partial charge on any atom is -0.465 e. The van der Waals surface area contributed by atoms with Gasteiger partial charge in [0.25, 0.3) is 0 Å². The van der Waals surface area contributed by atoms with Crippen molar-refractivity contribution in [3.63, 3.8) is 0 Å². The van der Waals surface area contributed by atoms with Gasteiger partial charge in [0, 0.05) is 13.0 Å². The van der Waals surface area contributed by atoms with Crippen LogP contribution in [-0.2, 0) is 24.1 Å². The Morgan fingerprint density at radius 2 is 1.37 bits per heavy atom. The van der Waals surface area contributed by atoms with Crippen molar-refractivity contribution in [3.8, 4) is 5.75 Å². The van der Waals surface area contributed by atoms with E-state index in [4.69, 9.17) is 9.47 Å². The van der Waals surface area contributed by atoms with Crippen molar-refractivity contribution in [2.45, 2.75) is 25.7 Å². The lowest BCUT2D eigenvalue weighted by atomic mass is 10.1. The van der Waals surface area contributed by atoms with Crippen molar-refractivity contribution < 1.29 is 9.47 Å². The summed E-state index contributed by atoms with van der Waals surface area (Å²) in [6.45, 7) is 1.47. The van der Waals surface area contributed by atoms with Crippen LogP contribution in [-0.4, -0.2) is 19.9 Å². The average Bonchev–Trinajstić information content (AvgIpc) is 2.71. The van der Waals surface area contributed by atoms with Gasteiger partial charge in [-0.1, -0.05) is 72.8 Å². The highest BCUT2D eigenvalue weighted by molar-refractivity contribution is 5.27. The molecule has 0 aromatic heterocycles. The van der Waals surface area contributed by atoms with Gasteiger partial charge in [0.15, 0.2) is 0 Å². The third-order valence-corrected chi connectivity index (χ3v) is 4.35. The first-order valence-electron chi connectivity index (χ1n) is 9.43. The predicted octanol–water partition coefficient (Wildman–Crippen LogP) is 4.61. The maximum Gasteiger partial charge on any atom is 0.203 e. The molecule has 27 heavy (non-hydrogen) atoms. The monoisotopic (exact) mass is 361 g/mol. The zero-order valence-corrected chi connectivity index (χ0v) is 15.8. The summed E-state index contributed by atoms with van der Waals surface area (Å²) in [6.07, 6.45) is 1.27. The molecule has 3 heteroatoms. The average molecular weight is 361 g/mol. The van der Waals surface area contributed by atoms with E-state index in [-0.39, 0.29) is 6.29 Å². The smallest absolute Gasteiger partial charge is 0.203 e. The third kappa shape index (κ3) is 6.55. The predicted molar refractivity (Wildman–Crippen MR) is 110 cm³/mol. The van der Waals surface area contributed by atoms with Gasteiger partial charge < -0.3 is 14.8 Å². The van der Waals surface area contributed by atoms with Crippen LogP contribution in [0.1, 0.15) is 16.7 Å². The Hall–Kier alpha value is -2.62. The minimum absolute atomic E-state index is 0.314. The Morgan fingerprint density at radius 3 is 2.00 bits per heavy atom. The Balaban J connectivity index is 1.61. The zero-order chi connectivity index (χ0) is 18.7. The molecule has 0 amide bonds. The molecule has 1 N–H and O–H groups in total. The van der Waals surface area contributed by atoms with Crippen LogP contribution in [0.15, 0.2) is 84.9 Å². The summed E-state index contributed by atoms with van der Waals surface area (Å²) in [5, 5.41) is 3.15. The Morgan fingerprint density at radius 1 is 0.741 bits per heavy atom. The SMILES string of the molecule is CNCc1ccc(OC(Cc2ccccc2)OCCc2ccccc2)cc1. The van der Waals surface area contributed by atoms with Crippen LogP contribution in [0, 0.1) is 0 Å². The van der Waals surface area contributed by atoms with Gasteiger partial charge >= 0.3 is 0 Å². The van der Waals surface area contributed by atoms with E-state index in [1.54, 1.807) is 0 Å². The summed E-state index contributed by atoms with van der Waals surface area (Å²) < 4.78 is 12.2. The molecule has 0 radical (unpaired) electrons. The van der Waals surface area contributed by atoms with Crippen molar-refractivity contribution in [1.82, 2.24) is 5.32 Å². The van der Waals surface area contributed by atoms with Gasteiger partial charge in [0.1, 0.15) is 5.75 Å². The standard InChI is InChI=1S/C24H27NO2/c1-25-19-22-12-14-23(15-13-22)27-24(18-21-10-6-3-7-11-21)26-17-16-20-8-4-2-5-9-20/h2-15,24-25H,16-19H2,1H3. The second-order valence-electron chi connectivity index (χ2n) is 6.52. The van der Waals surface area contributed by atoms with E-state index in [1.165, 1.54) is 16.7 Å². The van der Waals surface area contributed by atoms with Gasteiger partial charge in [-0.25, -0.2) is 0 Å². The van der Waals surface area contributed by atoms with Gasteiger partial charge in [-0.05, 0) is 42.3 Å². The molecule has 0 spiro atoms. The van der Waals surface area contributed by atoms with Gasteiger partial charge in [-0.2, -0.15) is 0 Å². The summed E-state index contributed by atoms with van der Waals surface area (Å²) >= 11 is 0. The van der Waals surface area contributed by atoms with Crippen molar-refractivity contribution >= 4 is 0 Å². The number of rotatable bonds is 10. The van der Waals surface area contributed by atoms with Crippen LogP contribution >= 0.6 is 0 Å².